The van der Waals surface area contributed by atoms with E-state index in [-0.39, 0.29) is 16.5 Å². The fourth-order valence-corrected chi connectivity index (χ4v) is 5.33. The van der Waals surface area contributed by atoms with E-state index in [1.165, 1.54) is 30.2 Å². The molecule has 3 aromatic heterocycles. The van der Waals surface area contributed by atoms with Gasteiger partial charge in [0.05, 0.1) is 18.5 Å². The smallest absolute Gasteiger partial charge is 0.350 e. The number of hydrogen-bond acceptors (Lipinski definition) is 7. The zero-order chi connectivity index (χ0) is 23.5. The molecule has 0 bridgehead atoms. The van der Waals surface area contributed by atoms with Crippen LogP contribution in [0.1, 0.15) is 43.6 Å². The number of hydrogen-bond donors (Lipinski definition) is 1. The van der Waals surface area contributed by atoms with E-state index >= 15 is 0 Å². The minimum atomic E-state index is -0.572. The zero-order valence-corrected chi connectivity index (χ0v) is 19.9. The lowest BCUT2D eigenvalue weighted by molar-refractivity contribution is 0.0607. The van der Waals surface area contributed by atoms with Gasteiger partial charge in [-0.2, -0.15) is 0 Å². The van der Waals surface area contributed by atoms with E-state index in [0.717, 1.165) is 23.1 Å². The molecule has 0 fully saturated rings. The van der Waals surface area contributed by atoms with Crippen molar-refractivity contribution in [3.05, 3.63) is 80.7 Å². The van der Waals surface area contributed by atoms with Crippen LogP contribution >= 0.6 is 22.7 Å². The number of nitrogens with zero attached hydrogens (tertiary/aromatic N) is 2. The Bertz CT molecular complexity index is 1300. The number of aromatic nitrogens is 1. The molecule has 0 saturated carbocycles. The van der Waals surface area contributed by atoms with E-state index in [9.17, 15) is 14.0 Å². The van der Waals surface area contributed by atoms with Gasteiger partial charge in [-0.05, 0) is 55.7 Å². The summed E-state index contributed by atoms with van der Waals surface area (Å²) in [6.07, 6.45) is 0. The fraction of sp³-hybridized carbons (Fsp3) is 0.208. The molecule has 1 unspecified atom stereocenters. The highest BCUT2D eigenvalue weighted by molar-refractivity contribution is 7.21. The number of pyridine rings is 1. The van der Waals surface area contributed by atoms with Crippen molar-refractivity contribution in [3.63, 3.8) is 0 Å². The van der Waals surface area contributed by atoms with E-state index < -0.39 is 17.7 Å². The molecule has 1 atom stereocenters. The van der Waals surface area contributed by atoms with Gasteiger partial charge < -0.3 is 10.1 Å². The summed E-state index contributed by atoms with van der Waals surface area (Å²) in [5, 5.41) is 5.43. The molecule has 0 radical (unpaired) electrons. The zero-order valence-electron chi connectivity index (χ0n) is 18.3. The van der Waals surface area contributed by atoms with E-state index in [2.05, 4.69) is 28.6 Å². The number of methoxy groups -OCH3 is 1. The molecule has 0 aliphatic rings. The number of anilines is 1. The summed E-state index contributed by atoms with van der Waals surface area (Å²) in [6, 6.07) is 13.5. The number of carbonyl (C=O) groups excluding carboxylic acids is 2. The molecule has 0 spiro atoms. The largest absolute Gasteiger partial charge is 0.465 e. The number of carbonyl (C=O) groups is 2. The molecule has 3 heterocycles. The number of nitrogens with one attached hydrogen (secondary N) is 1. The van der Waals surface area contributed by atoms with Crippen LogP contribution in [-0.4, -0.2) is 35.9 Å². The maximum atomic E-state index is 13.6. The minimum Gasteiger partial charge on any atom is -0.465 e. The van der Waals surface area contributed by atoms with Crippen LogP contribution in [0, 0.1) is 5.82 Å². The normalized spacial score (nSPS) is 12.2. The van der Waals surface area contributed by atoms with Crippen LogP contribution in [0.5, 0.6) is 0 Å². The van der Waals surface area contributed by atoms with Crippen molar-refractivity contribution in [1.29, 1.82) is 0 Å². The first-order valence-electron chi connectivity index (χ1n) is 10.2. The molecule has 170 valence electrons. The van der Waals surface area contributed by atoms with Gasteiger partial charge in [-0.25, -0.2) is 14.2 Å². The monoisotopic (exact) mass is 483 g/mol. The summed E-state index contributed by atoms with van der Waals surface area (Å²) < 4.78 is 18.5. The second-order valence-electron chi connectivity index (χ2n) is 7.52. The van der Waals surface area contributed by atoms with Gasteiger partial charge in [-0.3, -0.25) is 9.69 Å². The summed E-state index contributed by atoms with van der Waals surface area (Å²) in [5.74, 6) is -1.61. The summed E-state index contributed by atoms with van der Waals surface area (Å²) in [5.41, 5.74) is 1.31. The van der Waals surface area contributed by atoms with Crippen molar-refractivity contribution in [3.8, 4) is 0 Å². The Labute approximate surface area is 198 Å². The highest BCUT2D eigenvalue weighted by Gasteiger charge is 2.23. The van der Waals surface area contributed by atoms with Crippen molar-refractivity contribution < 1.29 is 18.7 Å². The first kappa shape index (κ1) is 23.0. The second kappa shape index (κ2) is 9.78. The summed E-state index contributed by atoms with van der Waals surface area (Å²) >= 11 is 2.87. The van der Waals surface area contributed by atoms with E-state index in [4.69, 9.17) is 9.72 Å². The molecular weight excluding hydrogens is 461 g/mol. The predicted octanol–water partition coefficient (Wildman–Crippen LogP) is 5.73. The molecule has 9 heteroatoms. The summed E-state index contributed by atoms with van der Waals surface area (Å²) in [6.45, 7) is 2.76. The quantitative estimate of drug-likeness (QED) is 0.340. The van der Waals surface area contributed by atoms with Gasteiger partial charge in [0.15, 0.2) is 0 Å². The lowest BCUT2D eigenvalue weighted by Crippen LogP contribution is -2.21. The van der Waals surface area contributed by atoms with Crippen LogP contribution in [0.25, 0.3) is 10.2 Å². The molecule has 33 heavy (non-hydrogen) atoms. The standard InChI is InChI=1S/C24H22FN3O3S2/c1-14(19-8-5-11-32-19)28(2)13-17-9-10-18-20(21(24(30)31-3)33-23(18)26-17)27-22(29)15-6-4-7-16(25)12-15/h4-12,14H,13H2,1-3H3,(H,27,29). The lowest BCUT2D eigenvalue weighted by atomic mass is 10.2. The Kier molecular flexibility index (Phi) is 6.83. The summed E-state index contributed by atoms with van der Waals surface area (Å²) in [4.78, 5) is 34.2. The Morgan fingerprint density at radius 3 is 2.73 bits per heavy atom. The van der Waals surface area contributed by atoms with Crippen LogP contribution in [0.4, 0.5) is 10.1 Å². The minimum absolute atomic E-state index is 0.152. The Balaban J connectivity index is 1.64. The maximum Gasteiger partial charge on any atom is 0.350 e. The number of halogens is 1. The second-order valence-corrected chi connectivity index (χ2v) is 9.50. The molecule has 1 aromatic carbocycles. The van der Waals surface area contributed by atoms with Crippen LogP contribution in [-0.2, 0) is 11.3 Å². The Morgan fingerprint density at radius 2 is 2.03 bits per heavy atom. The highest BCUT2D eigenvalue weighted by Crippen LogP contribution is 2.36. The molecule has 1 amide bonds. The van der Waals surface area contributed by atoms with Crippen molar-refractivity contribution in [2.24, 2.45) is 0 Å². The van der Waals surface area contributed by atoms with Gasteiger partial charge in [0.1, 0.15) is 15.5 Å². The number of amides is 1. The van der Waals surface area contributed by atoms with E-state index in [0.29, 0.717) is 22.4 Å². The lowest BCUT2D eigenvalue weighted by Gasteiger charge is -2.23. The van der Waals surface area contributed by atoms with Crippen LogP contribution in [0.15, 0.2) is 53.9 Å². The third-order valence-electron chi connectivity index (χ3n) is 5.34. The third kappa shape index (κ3) is 4.95. The average molecular weight is 484 g/mol. The van der Waals surface area contributed by atoms with Gasteiger partial charge in [0.25, 0.3) is 5.91 Å². The number of rotatable bonds is 7. The molecule has 6 nitrogen and oxygen atoms in total. The van der Waals surface area contributed by atoms with Crippen LogP contribution < -0.4 is 5.32 Å². The average Bonchev–Trinajstić information content (AvgIpc) is 3.46. The molecule has 0 saturated heterocycles. The molecule has 4 rings (SSSR count). The number of benzene rings is 1. The maximum absolute atomic E-state index is 13.6. The number of ether oxygens (including phenoxy) is 1. The SMILES string of the molecule is COC(=O)c1sc2nc(CN(C)C(C)c3cccs3)ccc2c1NC(=O)c1cccc(F)c1. The third-order valence-corrected chi connectivity index (χ3v) is 7.46. The first-order chi connectivity index (χ1) is 15.9. The van der Waals surface area contributed by atoms with E-state index in [1.54, 1.807) is 11.3 Å². The molecule has 0 aliphatic heterocycles. The van der Waals surface area contributed by atoms with Gasteiger partial charge in [0.2, 0.25) is 0 Å². The van der Waals surface area contributed by atoms with E-state index in [1.807, 2.05) is 25.2 Å². The molecule has 4 aromatic rings. The van der Waals surface area contributed by atoms with Crippen LogP contribution in [0.3, 0.4) is 0 Å². The van der Waals surface area contributed by atoms with Crippen molar-refractivity contribution >= 4 is 50.5 Å². The number of esters is 1. The van der Waals surface area contributed by atoms with Gasteiger partial charge in [-0.1, -0.05) is 12.1 Å². The van der Waals surface area contributed by atoms with Gasteiger partial charge in [-0.15, -0.1) is 22.7 Å². The predicted molar refractivity (Wildman–Crippen MR) is 130 cm³/mol. The summed E-state index contributed by atoms with van der Waals surface area (Å²) in [7, 11) is 3.32. The topological polar surface area (TPSA) is 71.5 Å². The van der Waals surface area contributed by atoms with Gasteiger partial charge in [0, 0.05) is 28.4 Å². The van der Waals surface area contributed by atoms with Crippen LogP contribution in [0.2, 0.25) is 0 Å². The molecule has 0 aliphatic carbocycles. The number of thiophene rings is 2. The number of fused-ring (bicyclic) bond motifs is 1. The fourth-order valence-electron chi connectivity index (χ4n) is 3.42. The first-order valence-corrected chi connectivity index (χ1v) is 11.9. The molecule has 1 N–H and O–H groups in total. The van der Waals surface area contributed by atoms with Crippen molar-refractivity contribution in [2.75, 3.05) is 19.5 Å². The van der Waals surface area contributed by atoms with Gasteiger partial charge >= 0.3 is 5.97 Å². The molecular formula is C24H22FN3O3S2. The highest BCUT2D eigenvalue weighted by atomic mass is 32.1. The van der Waals surface area contributed by atoms with Crippen molar-refractivity contribution in [1.82, 2.24) is 9.88 Å². The Morgan fingerprint density at radius 1 is 1.21 bits per heavy atom. The van der Waals surface area contributed by atoms with Crippen molar-refractivity contribution in [2.45, 2.75) is 19.5 Å². The Hall–Kier alpha value is -3.14.